The van der Waals surface area contributed by atoms with E-state index in [1.165, 1.54) is 0 Å². The Kier molecular flexibility index (Phi) is 1.95. The monoisotopic (exact) mass is 228 g/mol. The van der Waals surface area contributed by atoms with E-state index >= 15 is 0 Å². The van der Waals surface area contributed by atoms with Crippen molar-refractivity contribution < 1.29 is 4.42 Å². The first-order chi connectivity index (χ1) is 8.13. The number of nitrogens with two attached hydrogens (primary N) is 1. The normalized spacial score (nSPS) is 11.2. The zero-order valence-electron chi connectivity index (χ0n) is 9.64. The number of hydrogen-bond acceptors (Lipinski definition) is 4. The summed E-state index contributed by atoms with van der Waals surface area (Å²) >= 11 is 0. The van der Waals surface area contributed by atoms with Crippen molar-refractivity contribution >= 4 is 17.0 Å². The fraction of sp³-hybridized carbons (Fsp3) is 0.167. The molecule has 5 nitrogen and oxygen atoms in total. The summed E-state index contributed by atoms with van der Waals surface area (Å²) in [5, 5.41) is 0. The van der Waals surface area contributed by atoms with Crippen molar-refractivity contribution in [1.29, 1.82) is 0 Å². The number of nitrogens with zero attached hydrogens (tertiary/aromatic N) is 3. The van der Waals surface area contributed by atoms with Gasteiger partial charge in [0.05, 0.1) is 5.69 Å². The molecule has 0 radical (unpaired) electrons. The summed E-state index contributed by atoms with van der Waals surface area (Å²) in [6.07, 6.45) is 1.89. The molecule has 2 heterocycles. The van der Waals surface area contributed by atoms with Gasteiger partial charge >= 0.3 is 0 Å². The van der Waals surface area contributed by atoms with Gasteiger partial charge in [0.2, 0.25) is 0 Å². The number of hydrogen-bond donors (Lipinski definition) is 1. The largest absolute Gasteiger partial charge is 0.441 e. The fourth-order valence-electron chi connectivity index (χ4n) is 1.82. The highest BCUT2D eigenvalue weighted by atomic mass is 16.3. The summed E-state index contributed by atoms with van der Waals surface area (Å²) in [5.74, 6) is 1.16. The fourth-order valence-corrected chi connectivity index (χ4v) is 1.82. The molecule has 2 aromatic heterocycles. The van der Waals surface area contributed by atoms with Gasteiger partial charge in [0.25, 0.3) is 0 Å². The summed E-state index contributed by atoms with van der Waals surface area (Å²) in [5.41, 5.74) is 9.16. The molecule has 0 aliphatic rings. The lowest BCUT2D eigenvalue weighted by Crippen LogP contribution is -1.94. The molecule has 0 unspecified atom stereocenters. The van der Waals surface area contributed by atoms with Crippen LogP contribution in [0.5, 0.6) is 0 Å². The molecular formula is C12H12N4O. The lowest BCUT2D eigenvalue weighted by molar-refractivity contribution is 0.561. The number of aryl methyl sites for hydroxylation is 2. The van der Waals surface area contributed by atoms with E-state index in [0.29, 0.717) is 11.8 Å². The van der Waals surface area contributed by atoms with Crippen molar-refractivity contribution in [3.8, 4) is 11.3 Å². The van der Waals surface area contributed by atoms with Crippen molar-refractivity contribution in [1.82, 2.24) is 14.5 Å². The molecule has 17 heavy (non-hydrogen) atoms. The maximum Gasteiger partial charge on any atom is 0.200 e. The third-order valence-electron chi connectivity index (χ3n) is 2.70. The minimum absolute atomic E-state index is 0.497. The van der Waals surface area contributed by atoms with Gasteiger partial charge < -0.3 is 14.7 Å². The summed E-state index contributed by atoms with van der Waals surface area (Å²) in [4.78, 5) is 8.57. The van der Waals surface area contributed by atoms with E-state index in [2.05, 4.69) is 9.97 Å². The molecule has 0 saturated heterocycles. The minimum atomic E-state index is 0.497. The van der Waals surface area contributed by atoms with Crippen molar-refractivity contribution in [3.05, 3.63) is 30.3 Å². The summed E-state index contributed by atoms with van der Waals surface area (Å²) in [7, 11) is 1.87. The quantitative estimate of drug-likeness (QED) is 0.692. The van der Waals surface area contributed by atoms with Gasteiger partial charge in [-0.2, -0.15) is 0 Å². The van der Waals surface area contributed by atoms with Crippen molar-refractivity contribution in [3.63, 3.8) is 0 Å². The Hall–Kier alpha value is -2.30. The summed E-state index contributed by atoms with van der Waals surface area (Å²) in [6, 6.07) is 5.80. The predicted octanol–water partition coefficient (Wildman–Crippen LogP) is 2.12. The highest BCUT2D eigenvalue weighted by molar-refractivity contribution is 5.79. The third-order valence-corrected chi connectivity index (χ3v) is 2.70. The van der Waals surface area contributed by atoms with Crippen LogP contribution in [0.3, 0.4) is 0 Å². The van der Waals surface area contributed by atoms with E-state index in [1.807, 2.05) is 38.4 Å². The van der Waals surface area contributed by atoms with E-state index in [-0.39, 0.29) is 0 Å². The van der Waals surface area contributed by atoms with Crippen LogP contribution in [0.15, 0.2) is 28.8 Å². The number of fused-ring (bicyclic) bond motifs is 1. The van der Waals surface area contributed by atoms with E-state index in [1.54, 1.807) is 4.57 Å². The molecule has 0 atom stereocenters. The van der Waals surface area contributed by atoms with Crippen LogP contribution in [0.1, 0.15) is 5.89 Å². The van der Waals surface area contributed by atoms with Gasteiger partial charge in [0.1, 0.15) is 5.52 Å². The van der Waals surface area contributed by atoms with Gasteiger partial charge in [-0.1, -0.05) is 0 Å². The average molecular weight is 228 g/mol. The Morgan fingerprint density at radius 3 is 2.82 bits per heavy atom. The Morgan fingerprint density at radius 1 is 1.29 bits per heavy atom. The average Bonchev–Trinajstić information content (AvgIpc) is 2.80. The van der Waals surface area contributed by atoms with Crippen LogP contribution in [0.4, 0.5) is 5.95 Å². The maximum atomic E-state index is 5.71. The van der Waals surface area contributed by atoms with Gasteiger partial charge in [-0.15, -0.1) is 0 Å². The minimum Gasteiger partial charge on any atom is -0.441 e. The Labute approximate surface area is 97.9 Å². The predicted molar refractivity (Wildman–Crippen MR) is 65.4 cm³/mol. The SMILES string of the molecule is Cc1nc2cc(-c3cn(C)c(N)n3)ccc2o1. The van der Waals surface area contributed by atoms with Gasteiger partial charge in [0.15, 0.2) is 17.4 Å². The van der Waals surface area contributed by atoms with Gasteiger partial charge in [0, 0.05) is 25.7 Å². The first-order valence-corrected chi connectivity index (χ1v) is 5.30. The van der Waals surface area contributed by atoms with Gasteiger partial charge in [-0.3, -0.25) is 0 Å². The third kappa shape index (κ3) is 1.56. The molecule has 2 N–H and O–H groups in total. The Bertz CT molecular complexity index is 676. The summed E-state index contributed by atoms with van der Waals surface area (Å²) < 4.78 is 7.21. The van der Waals surface area contributed by atoms with Crippen LogP contribution < -0.4 is 5.73 Å². The topological polar surface area (TPSA) is 69.9 Å². The lowest BCUT2D eigenvalue weighted by Gasteiger charge is -1.94. The smallest absolute Gasteiger partial charge is 0.200 e. The van der Waals surface area contributed by atoms with E-state index in [0.717, 1.165) is 22.4 Å². The van der Waals surface area contributed by atoms with Crippen LogP contribution in [0, 0.1) is 6.92 Å². The van der Waals surface area contributed by atoms with Crippen LogP contribution in [0.2, 0.25) is 0 Å². The summed E-state index contributed by atoms with van der Waals surface area (Å²) in [6.45, 7) is 1.83. The van der Waals surface area contributed by atoms with E-state index in [4.69, 9.17) is 10.2 Å². The van der Waals surface area contributed by atoms with Crippen LogP contribution in [-0.2, 0) is 7.05 Å². The molecule has 0 bridgehead atoms. The van der Waals surface area contributed by atoms with E-state index < -0.39 is 0 Å². The zero-order valence-corrected chi connectivity index (χ0v) is 9.64. The molecule has 0 saturated carbocycles. The zero-order chi connectivity index (χ0) is 12.0. The Balaban J connectivity index is 2.16. The molecule has 0 aliphatic carbocycles. The number of nitrogen functional groups attached to an aromatic ring is 1. The number of oxazole rings is 1. The molecule has 86 valence electrons. The van der Waals surface area contributed by atoms with E-state index in [9.17, 15) is 0 Å². The second kappa shape index (κ2) is 3.35. The molecule has 3 aromatic rings. The van der Waals surface area contributed by atoms with Crippen LogP contribution in [0.25, 0.3) is 22.4 Å². The number of benzene rings is 1. The highest BCUT2D eigenvalue weighted by Gasteiger charge is 2.08. The first-order valence-electron chi connectivity index (χ1n) is 5.30. The first kappa shape index (κ1) is 9.89. The van der Waals surface area contributed by atoms with Crippen molar-refractivity contribution in [2.45, 2.75) is 6.92 Å². The molecule has 5 heteroatoms. The maximum absolute atomic E-state index is 5.71. The molecule has 3 rings (SSSR count). The molecule has 1 aromatic carbocycles. The number of anilines is 1. The van der Waals surface area contributed by atoms with Crippen LogP contribution >= 0.6 is 0 Å². The van der Waals surface area contributed by atoms with Gasteiger partial charge in [-0.05, 0) is 18.2 Å². The molecular weight excluding hydrogens is 216 g/mol. The van der Waals surface area contributed by atoms with Crippen LogP contribution in [-0.4, -0.2) is 14.5 Å². The molecule has 0 amide bonds. The second-order valence-corrected chi connectivity index (χ2v) is 4.01. The number of rotatable bonds is 1. The van der Waals surface area contributed by atoms with Crippen molar-refractivity contribution in [2.24, 2.45) is 7.05 Å². The molecule has 0 fully saturated rings. The van der Waals surface area contributed by atoms with Gasteiger partial charge in [-0.25, -0.2) is 9.97 Å². The Morgan fingerprint density at radius 2 is 2.12 bits per heavy atom. The standard InChI is InChI=1S/C12H12N4O/c1-7-14-9-5-8(3-4-11(9)17-7)10-6-16(2)12(13)15-10/h3-6H,1-2H3,(H2,13,15). The number of aromatic nitrogens is 3. The lowest BCUT2D eigenvalue weighted by atomic mass is 10.1. The molecule has 0 spiro atoms. The second-order valence-electron chi connectivity index (χ2n) is 4.01. The van der Waals surface area contributed by atoms with Crippen molar-refractivity contribution in [2.75, 3.05) is 5.73 Å². The number of imidazole rings is 1. The highest BCUT2D eigenvalue weighted by Crippen LogP contribution is 2.24. The molecule has 0 aliphatic heterocycles.